The van der Waals surface area contributed by atoms with Gasteiger partial charge in [-0.3, -0.25) is 4.79 Å². The number of methoxy groups -OCH3 is 1. The summed E-state index contributed by atoms with van der Waals surface area (Å²) in [7, 11) is 1.56. The van der Waals surface area contributed by atoms with Crippen molar-refractivity contribution in [2.45, 2.75) is 12.8 Å². The Kier molecular flexibility index (Phi) is 6.27. The lowest BCUT2D eigenvalue weighted by Gasteiger charge is -2.14. The summed E-state index contributed by atoms with van der Waals surface area (Å²) in [5.41, 5.74) is 1.28. The van der Waals surface area contributed by atoms with Crippen LogP contribution in [0.2, 0.25) is 5.02 Å². The number of alkyl halides is 3. The molecule has 0 unspecified atom stereocenters. The summed E-state index contributed by atoms with van der Waals surface area (Å²) in [5, 5.41) is 2.76. The van der Waals surface area contributed by atoms with E-state index >= 15 is 0 Å². The summed E-state index contributed by atoms with van der Waals surface area (Å²) < 4.78 is 46.7. The largest absolute Gasteiger partial charge is 0.482 e. The van der Waals surface area contributed by atoms with Crippen molar-refractivity contribution in [3.8, 4) is 5.75 Å². The number of anilines is 1. The maximum atomic E-state index is 12.3. The van der Waals surface area contributed by atoms with Crippen LogP contribution in [0.1, 0.15) is 15.9 Å². The van der Waals surface area contributed by atoms with Gasteiger partial charge in [-0.15, -0.1) is 0 Å². The predicted octanol–water partition coefficient (Wildman–Crippen LogP) is 4.68. The highest BCUT2D eigenvalue weighted by Crippen LogP contribution is 2.30. The molecule has 0 atom stereocenters. The van der Waals surface area contributed by atoms with Crippen LogP contribution in [0.4, 0.5) is 18.9 Å². The molecule has 1 amide bonds. The summed E-state index contributed by atoms with van der Waals surface area (Å²) in [6.45, 7) is -1.06. The third-order valence-corrected chi connectivity index (χ3v) is 3.34. The van der Waals surface area contributed by atoms with E-state index in [0.717, 1.165) is 5.56 Å². The highest BCUT2D eigenvalue weighted by Gasteiger charge is 2.29. The van der Waals surface area contributed by atoms with Crippen molar-refractivity contribution in [3.63, 3.8) is 0 Å². The molecule has 0 saturated heterocycles. The molecule has 1 N–H and O–H groups in total. The molecular formula is C17H15ClF3NO3. The zero-order chi connectivity index (χ0) is 18.4. The van der Waals surface area contributed by atoms with Crippen LogP contribution >= 0.6 is 11.6 Å². The Labute approximate surface area is 147 Å². The van der Waals surface area contributed by atoms with Gasteiger partial charge in [-0.1, -0.05) is 23.7 Å². The number of benzene rings is 2. The van der Waals surface area contributed by atoms with Crippen LogP contribution in [0.5, 0.6) is 5.75 Å². The summed E-state index contributed by atoms with van der Waals surface area (Å²) in [4.78, 5) is 12.3. The number of amides is 1. The average molecular weight is 374 g/mol. The molecule has 25 heavy (non-hydrogen) atoms. The van der Waals surface area contributed by atoms with Gasteiger partial charge >= 0.3 is 6.18 Å². The van der Waals surface area contributed by atoms with E-state index in [4.69, 9.17) is 21.1 Å². The van der Waals surface area contributed by atoms with Crippen LogP contribution < -0.4 is 10.1 Å². The first-order chi connectivity index (χ1) is 11.8. The number of carbonyl (C=O) groups is 1. The summed E-state index contributed by atoms with van der Waals surface area (Å²) in [6.07, 6.45) is -4.49. The monoisotopic (exact) mass is 373 g/mol. The molecule has 0 radical (unpaired) electrons. The van der Waals surface area contributed by atoms with Gasteiger partial charge in [0, 0.05) is 17.7 Å². The quantitative estimate of drug-likeness (QED) is 0.799. The van der Waals surface area contributed by atoms with Crippen LogP contribution in [0.15, 0.2) is 42.5 Å². The molecule has 2 rings (SSSR count). The van der Waals surface area contributed by atoms with Crippen molar-refractivity contribution in [2.75, 3.05) is 19.0 Å². The second-order valence-corrected chi connectivity index (χ2v) is 5.56. The first kappa shape index (κ1) is 19.1. The van der Waals surface area contributed by atoms with Gasteiger partial charge in [0.25, 0.3) is 5.91 Å². The highest BCUT2D eigenvalue weighted by molar-refractivity contribution is 6.31. The zero-order valence-electron chi connectivity index (χ0n) is 13.2. The summed E-state index contributed by atoms with van der Waals surface area (Å²) >= 11 is 5.85. The normalized spacial score (nSPS) is 11.2. The van der Waals surface area contributed by atoms with Gasteiger partial charge < -0.3 is 14.8 Å². The van der Waals surface area contributed by atoms with E-state index < -0.39 is 18.7 Å². The molecule has 0 aromatic heterocycles. The number of ether oxygens (including phenoxy) is 2. The molecule has 0 heterocycles. The van der Waals surface area contributed by atoms with Crippen molar-refractivity contribution < 1.29 is 27.4 Å². The first-order valence-electron chi connectivity index (χ1n) is 7.17. The Morgan fingerprint density at radius 1 is 1.16 bits per heavy atom. The van der Waals surface area contributed by atoms with Crippen LogP contribution in [0.3, 0.4) is 0 Å². The van der Waals surface area contributed by atoms with Crippen molar-refractivity contribution in [3.05, 3.63) is 58.6 Å². The topological polar surface area (TPSA) is 47.6 Å². The van der Waals surface area contributed by atoms with Crippen molar-refractivity contribution in [1.82, 2.24) is 0 Å². The van der Waals surface area contributed by atoms with E-state index in [1.807, 2.05) is 0 Å². The fourth-order valence-corrected chi connectivity index (χ4v) is 2.17. The lowest BCUT2D eigenvalue weighted by atomic mass is 10.1. The molecule has 4 nitrogen and oxygen atoms in total. The zero-order valence-corrected chi connectivity index (χ0v) is 13.9. The first-order valence-corrected chi connectivity index (χ1v) is 7.54. The molecule has 0 aliphatic heterocycles. The number of halogens is 4. The smallest absolute Gasteiger partial charge is 0.422 e. The van der Waals surface area contributed by atoms with E-state index in [-0.39, 0.29) is 16.5 Å². The second-order valence-electron chi connectivity index (χ2n) is 5.13. The molecule has 2 aromatic rings. The number of hydrogen-bond acceptors (Lipinski definition) is 3. The predicted molar refractivity (Wildman–Crippen MR) is 88.1 cm³/mol. The SMILES string of the molecule is COCc1ccc(C(=O)Nc2cc(Cl)ccc2OCC(F)(F)F)cc1. The lowest BCUT2D eigenvalue weighted by Crippen LogP contribution is -2.20. The Balaban J connectivity index is 2.14. The fourth-order valence-electron chi connectivity index (χ4n) is 2.00. The van der Waals surface area contributed by atoms with E-state index in [1.165, 1.54) is 18.2 Å². The van der Waals surface area contributed by atoms with Crippen molar-refractivity contribution in [2.24, 2.45) is 0 Å². The van der Waals surface area contributed by atoms with Crippen LogP contribution in [0, 0.1) is 0 Å². The molecule has 0 bridgehead atoms. The Hall–Kier alpha value is -2.25. The van der Waals surface area contributed by atoms with Crippen LogP contribution in [-0.4, -0.2) is 25.8 Å². The van der Waals surface area contributed by atoms with Crippen molar-refractivity contribution in [1.29, 1.82) is 0 Å². The van der Waals surface area contributed by atoms with Gasteiger partial charge in [-0.25, -0.2) is 0 Å². The average Bonchev–Trinajstić information content (AvgIpc) is 2.54. The number of nitrogens with one attached hydrogen (secondary N) is 1. The molecule has 0 fully saturated rings. The molecule has 0 aliphatic carbocycles. The molecule has 2 aromatic carbocycles. The van der Waals surface area contributed by atoms with Gasteiger partial charge in [0.1, 0.15) is 5.75 Å². The molecule has 134 valence electrons. The molecule has 8 heteroatoms. The van der Waals surface area contributed by atoms with Gasteiger partial charge in [0.05, 0.1) is 12.3 Å². The van der Waals surface area contributed by atoms with E-state index in [9.17, 15) is 18.0 Å². The number of carbonyl (C=O) groups excluding carboxylic acids is 1. The molecule has 0 spiro atoms. The minimum Gasteiger partial charge on any atom is -0.482 e. The highest BCUT2D eigenvalue weighted by atomic mass is 35.5. The number of hydrogen-bond donors (Lipinski definition) is 1. The third kappa shape index (κ3) is 5.95. The molecular weight excluding hydrogens is 359 g/mol. The van der Waals surface area contributed by atoms with Crippen molar-refractivity contribution >= 4 is 23.2 Å². The maximum Gasteiger partial charge on any atom is 0.422 e. The lowest BCUT2D eigenvalue weighted by molar-refractivity contribution is -0.153. The van der Waals surface area contributed by atoms with Crippen LogP contribution in [0.25, 0.3) is 0 Å². The Morgan fingerprint density at radius 2 is 1.84 bits per heavy atom. The molecule has 0 saturated carbocycles. The minimum atomic E-state index is -4.49. The maximum absolute atomic E-state index is 12.3. The Morgan fingerprint density at radius 3 is 2.44 bits per heavy atom. The standard InChI is InChI=1S/C17H15ClF3NO3/c1-24-9-11-2-4-12(5-3-11)16(23)22-14-8-13(18)6-7-15(14)25-10-17(19,20)21/h2-8H,9-10H2,1H3,(H,22,23). The van der Waals surface area contributed by atoms with Gasteiger partial charge in [-0.2, -0.15) is 13.2 Å². The van der Waals surface area contributed by atoms with E-state index in [2.05, 4.69) is 5.32 Å². The summed E-state index contributed by atoms with van der Waals surface area (Å²) in [6, 6.07) is 10.6. The van der Waals surface area contributed by atoms with Crippen LogP contribution in [-0.2, 0) is 11.3 Å². The molecule has 0 aliphatic rings. The van der Waals surface area contributed by atoms with Gasteiger partial charge in [0.15, 0.2) is 6.61 Å². The second kappa shape index (κ2) is 8.22. The minimum absolute atomic E-state index is 0.0581. The van der Waals surface area contributed by atoms with E-state index in [1.54, 1.807) is 31.4 Å². The van der Waals surface area contributed by atoms with Gasteiger partial charge in [-0.05, 0) is 35.9 Å². The third-order valence-electron chi connectivity index (χ3n) is 3.11. The van der Waals surface area contributed by atoms with E-state index in [0.29, 0.717) is 12.2 Å². The summed E-state index contributed by atoms with van der Waals surface area (Å²) in [5.74, 6) is -0.617. The Bertz CT molecular complexity index is 733. The van der Waals surface area contributed by atoms with Gasteiger partial charge in [0.2, 0.25) is 0 Å². The number of rotatable bonds is 6. The fraction of sp³-hybridized carbons (Fsp3) is 0.235.